The van der Waals surface area contributed by atoms with Crippen molar-refractivity contribution in [3.05, 3.63) is 213 Å². The third kappa shape index (κ3) is 15.7. The number of carbonyl (C=O) groups is 3. The van der Waals surface area contributed by atoms with E-state index >= 15 is 0 Å². The average molecular weight is 1210 g/mol. The van der Waals surface area contributed by atoms with Crippen molar-refractivity contribution < 1.29 is 36.6 Å². The average Bonchev–Trinajstić information content (AvgIpc) is 3.08. The number of nitrogens with one attached hydrogen (secondary N) is 5. The van der Waals surface area contributed by atoms with Crippen molar-refractivity contribution in [1.29, 1.82) is 0 Å². The van der Waals surface area contributed by atoms with Crippen LogP contribution in [-0.2, 0) is 37.9 Å². The van der Waals surface area contributed by atoms with E-state index in [1.54, 1.807) is 0 Å². The van der Waals surface area contributed by atoms with Crippen LogP contribution in [0.15, 0.2) is 134 Å². The van der Waals surface area contributed by atoms with Crippen molar-refractivity contribution in [1.82, 2.24) is 54.8 Å². The van der Waals surface area contributed by atoms with Crippen molar-refractivity contribution in [2.45, 2.75) is 101 Å². The SMILES string of the molecule is C1=Cc2nc1cc1ccc([n-]1)c(C1CC1)c1nc(cc3ccc([n-]3)c2C2CC2)C=C1.C1=Cc2nc1cc1ccc([nH]1)c(C1CC1)c1ccc(cc3nc(c2C2CC2)C=C3)[nH]1.C=O.CC(=O)O.O=CC1CC1.[Mn+2].c1c[nH]c(Cc2ccc[nH]2)c1.c1cc[nH]c1. The molecule has 13 heterocycles. The third-order valence-corrected chi connectivity index (χ3v) is 15.8. The number of H-pyrrole nitrogens is 5. The first kappa shape index (κ1) is 60.1. The van der Waals surface area contributed by atoms with E-state index in [2.05, 4.69) is 158 Å². The number of carbonyl (C=O) groups excluding carboxylic acids is 2. The predicted molar refractivity (Wildman–Crippen MR) is 348 cm³/mol. The van der Waals surface area contributed by atoms with E-state index in [4.69, 9.17) is 44.6 Å². The summed E-state index contributed by atoms with van der Waals surface area (Å²) in [6.45, 7) is 3.08. The van der Waals surface area contributed by atoms with E-state index in [1.807, 2.05) is 55.8 Å². The van der Waals surface area contributed by atoms with Gasteiger partial charge >= 0.3 is 17.1 Å². The zero-order valence-corrected chi connectivity index (χ0v) is 50.2. The first-order chi connectivity index (χ1) is 42.7. The molecule has 0 spiro atoms. The van der Waals surface area contributed by atoms with Crippen molar-refractivity contribution in [2.75, 3.05) is 0 Å². The number of carboxylic acids is 1. The van der Waals surface area contributed by atoms with Crippen molar-refractivity contribution >= 4 is 112 Å². The minimum atomic E-state index is -0.833. The summed E-state index contributed by atoms with van der Waals surface area (Å²) < 4.78 is 0. The maximum absolute atomic E-state index is 9.57. The van der Waals surface area contributed by atoms with Gasteiger partial charge in [-0.2, -0.15) is 0 Å². The first-order valence-corrected chi connectivity index (χ1v) is 30.1. The van der Waals surface area contributed by atoms with Crippen LogP contribution in [0.3, 0.4) is 0 Å². The first-order valence-electron chi connectivity index (χ1n) is 30.1. The fourth-order valence-corrected chi connectivity index (χ4v) is 11.0. The summed E-state index contributed by atoms with van der Waals surface area (Å²) in [7, 11) is 0. The molecule has 16 bridgehead atoms. The van der Waals surface area contributed by atoms with Gasteiger partial charge in [0.05, 0.1) is 45.6 Å². The van der Waals surface area contributed by atoms with E-state index in [0.29, 0.717) is 29.6 Å². The molecule has 5 aliphatic carbocycles. The number of aromatic nitrogens is 11. The van der Waals surface area contributed by atoms with Crippen molar-refractivity contribution in [3.63, 3.8) is 0 Å². The summed E-state index contributed by atoms with van der Waals surface area (Å²) >= 11 is 0. The molecule has 16 heteroatoms. The number of hydrogen-bond acceptors (Lipinski definition) is 7. The Bertz CT molecular complexity index is 4110. The zero-order valence-electron chi connectivity index (χ0n) is 49.0. The molecule has 443 valence electrons. The fraction of sp³-hybridized carbons (Fsp3) is 0.236. The Morgan fingerprint density at radius 2 is 0.886 bits per heavy atom. The van der Waals surface area contributed by atoms with Crippen LogP contribution in [-0.4, -0.2) is 69.0 Å². The van der Waals surface area contributed by atoms with Crippen LogP contribution in [0.5, 0.6) is 0 Å². The summed E-state index contributed by atoms with van der Waals surface area (Å²) in [6.07, 6.45) is 38.7. The number of aliphatic carboxylic acids is 1. The molecule has 9 aromatic rings. The molecular formula is C72H69MnN11O4. The van der Waals surface area contributed by atoms with E-state index in [-0.39, 0.29) is 17.1 Å². The molecule has 1 radical (unpaired) electrons. The van der Waals surface area contributed by atoms with E-state index in [9.17, 15) is 4.79 Å². The molecule has 0 saturated heterocycles. The summed E-state index contributed by atoms with van der Waals surface area (Å²) in [6, 6.07) is 37.7. The molecule has 6 N–H and O–H groups in total. The quantitative estimate of drug-likeness (QED) is 0.0653. The topological polar surface area (TPSA) is 230 Å². The van der Waals surface area contributed by atoms with E-state index in [1.165, 1.54) is 96.0 Å². The Morgan fingerprint density at radius 3 is 1.23 bits per heavy atom. The second kappa shape index (κ2) is 27.8. The maximum atomic E-state index is 9.57. The Morgan fingerprint density at radius 1 is 0.500 bits per heavy atom. The summed E-state index contributed by atoms with van der Waals surface area (Å²) in [4.78, 5) is 72.6. The van der Waals surface area contributed by atoms with Gasteiger partial charge < -0.3 is 49.6 Å². The molecule has 0 atom stereocenters. The van der Waals surface area contributed by atoms with Crippen LogP contribution in [0, 0.1) is 5.92 Å². The van der Waals surface area contributed by atoms with Gasteiger partial charge in [-0.05, 0) is 220 Å². The molecular weight excluding hydrogens is 1140 g/mol. The Balaban J connectivity index is 0.000000128. The summed E-state index contributed by atoms with van der Waals surface area (Å²) in [5.74, 6) is 1.97. The van der Waals surface area contributed by atoms with E-state index in [0.717, 1.165) is 111 Å². The molecule has 88 heavy (non-hydrogen) atoms. The fourth-order valence-electron chi connectivity index (χ4n) is 11.0. The van der Waals surface area contributed by atoms with Gasteiger partial charge in [-0.3, -0.25) is 4.79 Å². The van der Waals surface area contributed by atoms with Crippen LogP contribution < -0.4 is 9.97 Å². The number of aromatic amines is 5. The van der Waals surface area contributed by atoms with Gasteiger partial charge in [0, 0.05) is 88.6 Å². The second-order valence-corrected chi connectivity index (χ2v) is 23.0. The Labute approximate surface area is 520 Å². The molecule has 0 amide bonds. The van der Waals surface area contributed by atoms with Crippen molar-refractivity contribution in [2.24, 2.45) is 5.92 Å². The molecule has 15 nitrogen and oxygen atoms in total. The number of carboxylic acid groups (broad SMARTS) is 1. The number of rotatable bonds is 7. The monoisotopic (exact) mass is 1210 g/mol. The minimum Gasteiger partial charge on any atom is -0.657 e. The van der Waals surface area contributed by atoms with Gasteiger partial charge in [0.2, 0.25) is 0 Å². The Hall–Kier alpha value is -9.63. The van der Waals surface area contributed by atoms with Crippen LogP contribution in [0.4, 0.5) is 0 Å². The maximum Gasteiger partial charge on any atom is 2.00 e. The normalized spacial score (nSPS) is 15.3. The van der Waals surface area contributed by atoms with Gasteiger partial charge in [-0.1, -0.05) is 36.4 Å². The molecule has 0 unspecified atom stereocenters. The number of aldehydes is 1. The summed E-state index contributed by atoms with van der Waals surface area (Å²) in [5.41, 5.74) is 24.5. The molecule has 4 aliphatic heterocycles. The third-order valence-electron chi connectivity index (χ3n) is 15.8. The summed E-state index contributed by atoms with van der Waals surface area (Å²) in [5, 5.41) is 7.42. The van der Waals surface area contributed by atoms with Crippen molar-refractivity contribution in [3.8, 4) is 0 Å². The smallest absolute Gasteiger partial charge is 0.657 e. The van der Waals surface area contributed by atoms with Gasteiger partial charge in [0.25, 0.3) is 5.97 Å². The number of hydrogen-bond donors (Lipinski definition) is 6. The van der Waals surface area contributed by atoms with Crippen LogP contribution >= 0.6 is 0 Å². The zero-order chi connectivity index (χ0) is 59.6. The molecule has 9 aliphatic rings. The van der Waals surface area contributed by atoms with Gasteiger partial charge in [-0.25, -0.2) is 19.9 Å². The predicted octanol–water partition coefficient (Wildman–Crippen LogP) is 15.5. The largest absolute Gasteiger partial charge is 2.00 e. The van der Waals surface area contributed by atoms with Gasteiger partial charge in [0.1, 0.15) is 13.1 Å². The number of nitrogens with zero attached hydrogens (tertiary/aromatic N) is 6. The van der Waals surface area contributed by atoms with E-state index < -0.39 is 5.97 Å². The second-order valence-electron chi connectivity index (χ2n) is 23.0. The molecule has 5 saturated carbocycles. The van der Waals surface area contributed by atoms with Gasteiger partial charge in [0.15, 0.2) is 0 Å². The molecule has 9 aromatic heterocycles. The number of fused-ring (bicyclic) bond motifs is 16. The van der Waals surface area contributed by atoms with Crippen LogP contribution in [0.1, 0.15) is 174 Å². The standard InChI is InChI=1S/C26H22N4.C26H20N4.C9H10N2.C4H5N.C4H6O.C2H4O2.CH2O.Mn/c2*1-2-15(1)25-21-9-5-17(27-21)13-19-7-11-23(29-19)26(16-3-4-16)24-12-8-20(30-24)14-18-6-10-22(25)28-18;1-3-8(10-5-1)7-9-4-2-6-11-9;1-2-4-5-3-1;5-3-4-1-2-4;1-2(3)4;1-2;/h5-16,27-28H,1-4H2;5-16H,1-4H2;1-6,10-11H,7H2;1-5H;3-4H,1-2H2;1H3,(H,3,4);1H2;/q;-2;;;;;;+2. The molecule has 5 fully saturated rings. The Kier molecular flexibility index (Phi) is 19.0. The molecule has 0 aromatic carbocycles. The molecule has 18 rings (SSSR count). The van der Waals surface area contributed by atoms with Crippen LogP contribution in [0.2, 0.25) is 0 Å². The van der Waals surface area contributed by atoms with Crippen LogP contribution in [0.25, 0.3) is 92.7 Å². The minimum absolute atomic E-state index is 0. The van der Waals surface area contributed by atoms with Gasteiger partial charge in [-0.15, -0.1) is 22.1 Å².